The van der Waals surface area contributed by atoms with Gasteiger partial charge in [-0.2, -0.15) is 0 Å². The molecule has 5 heteroatoms. The van der Waals surface area contributed by atoms with E-state index in [1.54, 1.807) is 0 Å². The van der Waals surface area contributed by atoms with Gasteiger partial charge in [0.1, 0.15) is 0 Å². The van der Waals surface area contributed by atoms with Crippen LogP contribution >= 0.6 is 11.6 Å². The molecule has 0 spiro atoms. The molecule has 0 unspecified atom stereocenters. The van der Waals surface area contributed by atoms with Crippen LogP contribution in [0.3, 0.4) is 0 Å². The van der Waals surface area contributed by atoms with Crippen LogP contribution in [0.15, 0.2) is 24.3 Å². The molecule has 0 radical (unpaired) electrons. The van der Waals surface area contributed by atoms with Crippen LogP contribution in [0.4, 0.5) is 0 Å². The molecule has 0 aromatic heterocycles. The van der Waals surface area contributed by atoms with Crippen molar-refractivity contribution in [3.8, 4) is 0 Å². The van der Waals surface area contributed by atoms with Gasteiger partial charge in [0.25, 0.3) is 0 Å². The molecule has 1 aromatic rings. The Bertz CT molecular complexity index is 682. The molecule has 1 saturated carbocycles. The zero-order valence-electron chi connectivity index (χ0n) is 15.2. The lowest BCUT2D eigenvalue weighted by atomic mass is 9.68. The van der Waals surface area contributed by atoms with Crippen LogP contribution in [0.1, 0.15) is 56.9 Å². The van der Waals surface area contributed by atoms with Crippen LogP contribution in [0.5, 0.6) is 0 Å². The second kappa shape index (κ2) is 7.22. The Balaban J connectivity index is 1.66. The molecule has 3 fully saturated rings. The lowest BCUT2D eigenvalue weighted by molar-refractivity contribution is -0.140. The molecule has 1 aliphatic carbocycles. The molecule has 1 aromatic carbocycles. The van der Waals surface area contributed by atoms with E-state index in [2.05, 4.69) is 5.32 Å². The Kier molecular flexibility index (Phi) is 4.96. The lowest BCUT2D eigenvalue weighted by Crippen LogP contribution is -2.51. The van der Waals surface area contributed by atoms with Crippen molar-refractivity contribution in [2.75, 3.05) is 13.1 Å². The smallest absolute Gasteiger partial charge is 0.233 e. The van der Waals surface area contributed by atoms with Gasteiger partial charge in [0.05, 0.1) is 11.3 Å². The van der Waals surface area contributed by atoms with Gasteiger partial charge in [-0.25, -0.2) is 0 Å². The first-order valence-corrected chi connectivity index (χ1v) is 10.3. The van der Waals surface area contributed by atoms with Gasteiger partial charge in [0.2, 0.25) is 11.8 Å². The monoisotopic (exact) mass is 374 g/mol. The number of nitrogens with one attached hydrogen (secondary N) is 1. The predicted octanol–water partition coefficient (Wildman–Crippen LogP) is 3.67. The minimum atomic E-state index is -0.454. The van der Waals surface area contributed by atoms with E-state index >= 15 is 0 Å². The topological polar surface area (TPSA) is 49.4 Å². The highest BCUT2D eigenvalue weighted by Crippen LogP contribution is 2.42. The molecule has 2 bridgehead atoms. The fourth-order valence-corrected chi connectivity index (χ4v) is 5.20. The molecule has 1 N–H and O–H groups in total. The fourth-order valence-electron chi connectivity index (χ4n) is 5.07. The van der Waals surface area contributed by atoms with Crippen molar-refractivity contribution in [3.63, 3.8) is 0 Å². The molecule has 2 aliphatic heterocycles. The molecule has 4 nitrogen and oxygen atoms in total. The van der Waals surface area contributed by atoms with Crippen LogP contribution in [0.25, 0.3) is 0 Å². The summed E-state index contributed by atoms with van der Waals surface area (Å²) in [6.07, 6.45) is 8.05. The summed E-state index contributed by atoms with van der Waals surface area (Å²) in [6, 6.07) is 7.93. The number of nitrogens with zero attached hydrogens (tertiary/aromatic N) is 1. The van der Waals surface area contributed by atoms with E-state index < -0.39 is 5.41 Å². The van der Waals surface area contributed by atoms with E-state index in [-0.39, 0.29) is 23.8 Å². The average molecular weight is 375 g/mol. The summed E-state index contributed by atoms with van der Waals surface area (Å²) in [6.45, 7) is 1.22. The Morgan fingerprint density at radius 2 is 1.77 bits per heavy atom. The van der Waals surface area contributed by atoms with Crippen molar-refractivity contribution in [2.45, 2.75) is 62.8 Å². The largest absolute Gasteiger partial charge is 0.351 e. The standard InChI is InChI=1S/C21H27ClN2O2/c22-17-9-7-16(8-10-17)21(11-2-1-3-12-21)20(26)24-13-15-5-4-6-18(14-24)23-19(15)25/h7-10,15,18H,1-6,11-14H2,(H,23,25)/t15-,18+/m1/s1. The van der Waals surface area contributed by atoms with Gasteiger partial charge < -0.3 is 10.2 Å². The number of rotatable bonds is 2. The number of halogens is 1. The average Bonchev–Trinajstić information content (AvgIpc) is 2.90. The van der Waals surface area contributed by atoms with Gasteiger partial charge in [-0.3, -0.25) is 9.59 Å². The maximum atomic E-state index is 13.8. The molecule has 2 heterocycles. The molecule has 26 heavy (non-hydrogen) atoms. The quantitative estimate of drug-likeness (QED) is 0.858. The normalized spacial score (nSPS) is 28.2. The molecule has 2 atom stereocenters. The second-order valence-electron chi connectivity index (χ2n) is 8.19. The zero-order chi connectivity index (χ0) is 18.1. The van der Waals surface area contributed by atoms with Crippen molar-refractivity contribution in [3.05, 3.63) is 34.9 Å². The first-order valence-electron chi connectivity index (χ1n) is 9.94. The van der Waals surface area contributed by atoms with Gasteiger partial charge in [-0.15, -0.1) is 0 Å². The Labute approximate surface area is 160 Å². The second-order valence-corrected chi connectivity index (χ2v) is 8.63. The Morgan fingerprint density at radius 3 is 2.50 bits per heavy atom. The summed E-state index contributed by atoms with van der Waals surface area (Å²) in [4.78, 5) is 28.2. The molecule has 2 amide bonds. The summed E-state index contributed by atoms with van der Waals surface area (Å²) in [5.41, 5.74) is 0.630. The maximum absolute atomic E-state index is 13.8. The van der Waals surface area contributed by atoms with Gasteiger partial charge in [0.15, 0.2) is 0 Å². The molecule has 4 rings (SSSR count). The van der Waals surface area contributed by atoms with Crippen LogP contribution in [0, 0.1) is 5.92 Å². The third-order valence-electron chi connectivity index (χ3n) is 6.50. The summed E-state index contributed by atoms with van der Waals surface area (Å²) in [5.74, 6) is 0.289. The summed E-state index contributed by atoms with van der Waals surface area (Å²) >= 11 is 6.09. The fraction of sp³-hybridized carbons (Fsp3) is 0.619. The van der Waals surface area contributed by atoms with Crippen LogP contribution in [-0.2, 0) is 15.0 Å². The third-order valence-corrected chi connectivity index (χ3v) is 6.76. The first kappa shape index (κ1) is 17.8. The van der Waals surface area contributed by atoms with E-state index in [4.69, 9.17) is 11.6 Å². The van der Waals surface area contributed by atoms with Crippen molar-refractivity contribution in [1.82, 2.24) is 10.2 Å². The van der Waals surface area contributed by atoms with Gasteiger partial charge >= 0.3 is 0 Å². The number of carbonyl (C=O) groups is 2. The SMILES string of the molecule is O=C1N[C@H]2CCC[C@@H]1CN(C(=O)C1(c3ccc(Cl)cc3)CCCCC1)C2. The van der Waals surface area contributed by atoms with E-state index in [0.717, 1.165) is 50.5 Å². The molecule has 2 saturated heterocycles. The minimum Gasteiger partial charge on any atom is -0.351 e. The summed E-state index contributed by atoms with van der Waals surface area (Å²) < 4.78 is 0. The predicted molar refractivity (Wildman–Crippen MR) is 102 cm³/mol. The van der Waals surface area contributed by atoms with E-state index in [1.807, 2.05) is 29.2 Å². The maximum Gasteiger partial charge on any atom is 0.233 e. The number of carbonyl (C=O) groups excluding carboxylic acids is 2. The molecule has 140 valence electrons. The number of hydrogen-bond donors (Lipinski definition) is 1. The van der Waals surface area contributed by atoms with Crippen LogP contribution in [-0.4, -0.2) is 35.8 Å². The minimum absolute atomic E-state index is 0.0580. The molecular weight excluding hydrogens is 348 g/mol. The van der Waals surface area contributed by atoms with Crippen molar-refractivity contribution >= 4 is 23.4 Å². The number of benzene rings is 1. The van der Waals surface area contributed by atoms with E-state index in [1.165, 1.54) is 6.42 Å². The van der Waals surface area contributed by atoms with Gasteiger partial charge in [-0.05, 0) is 43.4 Å². The molecule has 3 aliphatic rings. The van der Waals surface area contributed by atoms with Crippen LogP contribution < -0.4 is 5.32 Å². The molecular formula is C21H27ClN2O2. The van der Waals surface area contributed by atoms with Gasteiger partial charge in [0, 0.05) is 24.2 Å². The highest BCUT2D eigenvalue weighted by atomic mass is 35.5. The summed E-state index contributed by atoms with van der Waals surface area (Å²) in [7, 11) is 0. The zero-order valence-corrected chi connectivity index (χ0v) is 15.9. The van der Waals surface area contributed by atoms with Crippen LogP contribution in [0.2, 0.25) is 5.02 Å². The Hall–Kier alpha value is -1.55. The number of amides is 2. The number of fused-ring (bicyclic) bond motifs is 3. The summed E-state index contributed by atoms with van der Waals surface area (Å²) in [5, 5.41) is 3.84. The Morgan fingerprint density at radius 1 is 1.04 bits per heavy atom. The third kappa shape index (κ3) is 3.24. The highest BCUT2D eigenvalue weighted by molar-refractivity contribution is 6.30. The highest BCUT2D eigenvalue weighted by Gasteiger charge is 2.45. The van der Waals surface area contributed by atoms with Crippen molar-refractivity contribution in [1.29, 1.82) is 0 Å². The van der Waals surface area contributed by atoms with E-state index in [9.17, 15) is 9.59 Å². The van der Waals surface area contributed by atoms with E-state index in [0.29, 0.717) is 18.1 Å². The number of likely N-dealkylation sites (tertiary alicyclic amines) is 1. The van der Waals surface area contributed by atoms with Crippen molar-refractivity contribution in [2.24, 2.45) is 5.92 Å². The van der Waals surface area contributed by atoms with Crippen molar-refractivity contribution < 1.29 is 9.59 Å². The first-order chi connectivity index (χ1) is 12.6. The number of hydrogen-bond acceptors (Lipinski definition) is 2. The lowest BCUT2D eigenvalue weighted by Gasteiger charge is -2.41. The van der Waals surface area contributed by atoms with Gasteiger partial charge in [-0.1, -0.05) is 49.4 Å².